The molecular weight excluding hydrogens is 254 g/mol. The molecule has 0 saturated carbocycles. The molecule has 5 nitrogen and oxygen atoms in total. The number of nitrogens with two attached hydrogens (primary N) is 1. The third-order valence-corrected chi connectivity index (χ3v) is 2.82. The normalized spacial score (nSPS) is 11.4. The molecule has 5 heteroatoms. The van der Waals surface area contributed by atoms with E-state index in [2.05, 4.69) is 10.3 Å². The summed E-state index contributed by atoms with van der Waals surface area (Å²) in [5.41, 5.74) is 7.72. The average Bonchev–Trinajstić information content (AvgIpc) is 2.33. The maximum absolute atomic E-state index is 11.9. The molecule has 0 aliphatic carbocycles. The Morgan fingerprint density at radius 3 is 2.70 bits per heavy atom. The fraction of sp³-hybridized carbons (Fsp3) is 0.333. The number of ether oxygens (including phenoxy) is 1. The van der Waals surface area contributed by atoms with Crippen molar-refractivity contribution in [3.8, 4) is 0 Å². The van der Waals surface area contributed by atoms with Crippen molar-refractivity contribution in [2.24, 2.45) is 0 Å². The lowest BCUT2D eigenvalue weighted by Gasteiger charge is -2.20. The molecule has 0 saturated heterocycles. The van der Waals surface area contributed by atoms with E-state index in [0.29, 0.717) is 11.4 Å². The van der Waals surface area contributed by atoms with E-state index in [4.69, 9.17) is 10.5 Å². The number of nitrogens with zero attached hydrogens (tertiary/aromatic N) is 1. The number of hydrogen-bond acceptors (Lipinski definition) is 4. The Labute approximate surface area is 118 Å². The zero-order chi connectivity index (χ0) is 14.9. The fourth-order valence-electron chi connectivity index (χ4n) is 1.95. The molecule has 0 bridgehead atoms. The van der Waals surface area contributed by atoms with Crippen LogP contribution in [0.25, 0.3) is 10.8 Å². The van der Waals surface area contributed by atoms with Gasteiger partial charge in [-0.3, -0.25) is 10.3 Å². The van der Waals surface area contributed by atoms with Crippen LogP contribution in [-0.4, -0.2) is 16.7 Å². The van der Waals surface area contributed by atoms with E-state index in [1.54, 1.807) is 12.4 Å². The Morgan fingerprint density at radius 2 is 2.05 bits per heavy atom. The van der Waals surface area contributed by atoms with Crippen molar-refractivity contribution < 1.29 is 9.53 Å². The van der Waals surface area contributed by atoms with Crippen LogP contribution in [0.5, 0.6) is 0 Å². The molecule has 1 aromatic carbocycles. The van der Waals surface area contributed by atoms with Gasteiger partial charge >= 0.3 is 6.09 Å². The molecule has 2 aromatic rings. The molecule has 0 spiro atoms. The Morgan fingerprint density at radius 1 is 1.35 bits per heavy atom. The molecule has 20 heavy (non-hydrogen) atoms. The minimum Gasteiger partial charge on any atom is -0.444 e. The summed E-state index contributed by atoms with van der Waals surface area (Å²) in [6, 6.07) is 3.65. The Bertz CT molecular complexity index is 660. The predicted molar refractivity (Wildman–Crippen MR) is 80.7 cm³/mol. The molecule has 1 amide bonds. The van der Waals surface area contributed by atoms with E-state index in [1.807, 2.05) is 39.8 Å². The number of anilines is 2. The molecule has 0 aliphatic heterocycles. The van der Waals surface area contributed by atoms with Gasteiger partial charge in [-0.25, -0.2) is 4.79 Å². The lowest BCUT2D eigenvalue weighted by molar-refractivity contribution is 0.0636. The summed E-state index contributed by atoms with van der Waals surface area (Å²) in [4.78, 5) is 16.0. The van der Waals surface area contributed by atoms with Crippen molar-refractivity contribution in [3.05, 3.63) is 30.1 Å². The first-order chi connectivity index (χ1) is 9.28. The van der Waals surface area contributed by atoms with Crippen LogP contribution in [0.2, 0.25) is 0 Å². The Hall–Kier alpha value is -2.30. The third kappa shape index (κ3) is 2.99. The van der Waals surface area contributed by atoms with Gasteiger partial charge < -0.3 is 10.5 Å². The molecule has 0 atom stereocenters. The molecule has 1 heterocycles. The third-order valence-electron chi connectivity index (χ3n) is 2.82. The van der Waals surface area contributed by atoms with Crippen LogP contribution in [0.3, 0.4) is 0 Å². The van der Waals surface area contributed by atoms with Gasteiger partial charge in [0.15, 0.2) is 0 Å². The van der Waals surface area contributed by atoms with Crippen molar-refractivity contribution >= 4 is 28.2 Å². The highest BCUT2D eigenvalue weighted by molar-refractivity contribution is 6.05. The quantitative estimate of drug-likeness (QED) is 0.780. The minimum absolute atomic E-state index is 0.486. The monoisotopic (exact) mass is 273 g/mol. The first kappa shape index (κ1) is 14.1. The molecule has 1 aromatic heterocycles. The lowest BCUT2D eigenvalue weighted by atomic mass is 10.1. The molecule has 0 radical (unpaired) electrons. The van der Waals surface area contributed by atoms with Gasteiger partial charge in [0, 0.05) is 28.9 Å². The number of carbonyl (C=O) groups excluding carboxylic acids is 1. The highest BCUT2D eigenvalue weighted by Gasteiger charge is 2.17. The number of nitrogens with one attached hydrogen (secondary N) is 1. The minimum atomic E-state index is -0.537. The van der Waals surface area contributed by atoms with Gasteiger partial charge in [-0.05, 0) is 45.4 Å². The van der Waals surface area contributed by atoms with E-state index in [9.17, 15) is 4.79 Å². The van der Waals surface area contributed by atoms with Crippen molar-refractivity contribution in [1.29, 1.82) is 0 Å². The predicted octanol–water partition coefficient (Wildman–Crippen LogP) is 3.47. The number of aromatic nitrogens is 1. The van der Waals surface area contributed by atoms with Gasteiger partial charge in [0.2, 0.25) is 0 Å². The fourth-order valence-corrected chi connectivity index (χ4v) is 1.95. The molecule has 0 fully saturated rings. The van der Waals surface area contributed by atoms with Crippen LogP contribution in [0.15, 0.2) is 24.5 Å². The van der Waals surface area contributed by atoms with Crippen molar-refractivity contribution in [3.63, 3.8) is 0 Å². The van der Waals surface area contributed by atoms with E-state index in [1.165, 1.54) is 0 Å². The van der Waals surface area contributed by atoms with Gasteiger partial charge in [0.05, 0.1) is 5.69 Å². The summed E-state index contributed by atoms with van der Waals surface area (Å²) >= 11 is 0. The highest BCUT2D eigenvalue weighted by atomic mass is 16.6. The summed E-state index contributed by atoms with van der Waals surface area (Å²) in [6.45, 7) is 7.36. The van der Waals surface area contributed by atoms with Gasteiger partial charge in [-0.15, -0.1) is 0 Å². The second kappa shape index (κ2) is 5.00. The van der Waals surface area contributed by atoms with Gasteiger partial charge in [0.1, 0.15) is 5.60 Å². The average molecular weight is 273 g/mol. The summed E-state index contributed by atoms with van der Waals surface area (Å²) in [6.07, 6.45) is 2.87. The summed E-state index contributed by atoms with van der Waals surface area (Å²) in [5.74, 6) is 0. The summed E-state index contributed by atoms with van der Waals surface area (Å²) < 4.78 is 5.26. The molecule has 0 unspecified atom stereocenters. The Balaban J connectivity index is 2.40. The topological polar surface area (TPSA) is 77.2 Å². The van der Waals surface area contributed by atoms with E-state index in [-0.39, 0.29) is 0 Å². The highest BCUT2D eigenvalue weighted by Crippen LogP contribution is 2.31. The van der Waals surface area contributed by atoms with Gasteiger partial charge in [-0.1, -0.05) is 0 Å². The zero-order valence-corrected chi connectivity index (χ0v) is 12.2. The Kier molecular flexibility index (Phi) is 3.53. The van der Waals surface area contributed by atoms with Crippen LogP contribution in [0.4, 0.5) is 16.2 Å². The molecule has 0 aliphatic rings. The SMILES string of the molecule is Cc1cc(NC(=O)OC(C)(C)C)c2ccncc2c1N. The van der Waals surface area contributed by atoms with E-state index >= 15 is 0 Å². The zero-order valence-electron chi connectivity index (χ0n) is 12.2. The summed E-state index contributed by atoms with van der Waals surface area (Å²) in [7, 11) is 0. The van der Waals surface area contributed by atoms with Crippen LogP contribution in [0.1, 0.15) is 26.3 Å². The number of pyridine rings is 1. The van der Waals surface area contributed by atoms with Crippen LogP contribution in [0, 0.1) is 6.92 Å². The van der Waals surface area contributed by atoms with E-state index < -0.39 is 11.7 Å². The van der Waals surface area contributed by atoms with Crippen LogP contribution < -0.4 is 11.1 Å². The maximum Gasteiger partial charge on any atom is 0.412 e. The van der Waals surface area contributed by atoms with Crippen molar-refractivity contribution in [2.75, 3.05) is 11.1 Å². The first-order valence-corrected chi connectivity index (χ1v) is 6.41. The number of benzene rings is 1. The number of rotatable bonds is 1. The summed E-state index contributed by atoms with van der Waals surface area (Å²) in [5, 5.41) is 4.42. The van der Waals surface area contributed by atoms with Crippen molar-refractivity contribution in [2.45, 2.75) is 33.3 Å². The van der Waals surface area contributed by atoms with Crippen LogP contribution >= 0.6 is 0 Å². The maximum atomic E-state index is 11.9. The molecule has 106 valence electrons. The number of aryl methyl sites for hydroxylation is 1. The van der Waals surface area contributed by atoms with Gasteiger partial charge in [-0.2, -0.15) is 0 Å². The lowest BCUT2D eigenvalue weighted by Crippen LogP contribution is -2.27. The van der Waals surface area contributed by atoms with Crippen molar-refractivity contribution in [1.82, 2.24) is 4.98 Å². The standard InChI is InChI=1S/C15H19N3O2/c1-9-7-12(18-14(19)20-15(2,3)4)10-5-6-17-8-11(10)13(9)16/h5-8H,16H2,1-4H3,(H,18,19). The largest absolute Gasteiger partial charge is 0.444 e. The molecule has 2 rings (SSSR count). The van der Waals surface area contributed by atoms with E-state index in [0.717, 1.165) is 16.3 Å². The number of amides is 1. The molecular formula is C15H19N3O2. The number of nitrogen functional groups attached to an aromatic ring is 1. The number of hydrogen-bond donors (Lipinski definition) is 2. The smallest absolute Gasteiger partial charge is 0.412 e. The number of fused-ring (bicyclic) bond motifs is 1. The number of carbonyl (C=O) groups is 1. The second-order valence-corrected chi connectivity index (χ2v) is 5.70. The van der Waals surface area contributed by atoms with Gasteiger partial charge in [0.25, 0.3) is 0 Å². The first-order valence-electron chi connectivity index (χ1n) is 6.41. The van der Waals surface area contributed by atoms with Crippen LogP contribution in [-0.2, 0) is 4.74 Å². The second-order valence-electron chi connectivity index (χ2n) is 5.70. The molecule has 3 N–H and O–H groups in total.